The minimum Gasteiger partial charge on any atom is -0.394 e. The molecule has 0 spiro atoms. The largest absolute Gasteiger partial charge is 0.394 e. The molecule has 24 nitrogen and oxygen atoms in total. The number of fused-ring (bicyclic) bond motifs is 5. The molecule has 30 atom stereocenters. The van der Waals surface area contributed by atoms with Gasteiger partial charge < -0.3 is 120 Å². The highest BCUT2D eigenvalue weighted by molar-refractivity contribution is 5.32. The molecule has 78 heavy (non-hydrogen) atoms. The zero-order valence-electron chi connectivity index (χ0n) is 46.1. The molecule has 7 fully saturated rings. The molecule has 8 rings (SSSR count). The Hall–Kier alpha value is -1.22. The lowest BCUT2D eigenvalue weighted by atomic mass is 9.38. The number of aliphatic hydroxyl groups excluding tert-OH is 15. The van der Waals surface area contributed by atoms with Gasteiger partial charge in [-0.2, -0.15) is 0 Å². The molecule has 0 aromatic heterocycles. The van der Waals surface area contributed by atoms with Crippen molar-refractivity contribution >= 4 is 0 Å². The lowest BCUT2D eigenvalue weighted by Crippen LogP contribution is -2.65. The summed E-state index contributed by atoms with van der Waals surface area (Å²) in [4.78, 5) is 0. The van der Waals surface area contributed by atoms with Crippen molar-refractivity contribution < 1.29 is 120 Å². The van der Waals surface area contributed by atoms with E-state index in [4.69, 9.17) is 37.9 Å². The van der Waals surface area contributed by atoms with Gasteiger partial charge in [0.25, 0.3) is 0 Å². The van der Waals surface area contributed by atoms with Crippen LogP contribution < -0.4 is 0 Å². The van der Waals surface area contributed by atoms with Crippen LogP contribution in [0.25, 0.3) is 0 Å². The van der Waals surface area contributed by atoms with Crippen molar-refractivity contribution in [2.45, 2.75) is 253 Å². The van der Waals surface area contributed by atoms with Crippen LogP contribution in [0.2, 0.25) is 0 Å². The molecule has 8 aliphatic rings. The maximum atomic E-state index is 12.7. The SMILES string of the molecule is CC(CCC(OC1OC(COC2OC(CO)C(O)C(O)C2O)C(O)C(O)C1OC1OC(CO)C(O)C(O)C1O)C(C)(C)O)C1CCC2(C)C3CC=C4C(CCC(OC5OC(CO)C(O)C(O)C5O)C4(C)C)C3(C)C(O)CC12C. The molecule has 452 valence electrons. The minimum atomic E-state index is -1.93. The van der Waals surface area contributed by atoms with Crippen LogP contribution in [0.3, 0.4) is 0 Å². The Kier molecular flexibility index (Phi) is 19.1. The number of rotatable bonds is 17. The molecule has 4 aliphatic heterocycles. The van der Waals surface area contributed by atoms with Crippen molar-refractivity contribution in [1.82, 2.24) is 0 Å². The Morgan fingerprint density at radius 1 is 0.590 bits per heavy atom. The molecule has 16 N–H and O–H groups in total. The molecular weight excluding hydrogens is 1030 g/mol. The smallest absolute Gasteiger partial charge is 0.187 e. The van der Waals surface area contributed by atoms with Crippen molar-refractivity contribution in [3.05, 3.63) is 11.6 Å². The summed E-state index contributed by atoms with van der Waals surface area (Å²) in [7, 11) is 0. The average Bonchev–Trinajstić information content (AvgIpc) is 3.21. The quantitative estimate of drug-likeness (QED) is 0.0637. The van der Waals surface area contributed by atoms with Gasteiger partial charge in [-0.05, 0) is 99.7 Å². The van der Waals surface area contributed by atoms with E-state index in [0.29, 0.717) is 32.1 Å². The van der Waals surface area contributed by atoms with Crippen LogP contribution >= 0.6 is 0 Å². The van der Waals surface area contributed by atoms with E-state index in [2.05, 4.69) is 47.6 Å². The van der Waals surface area contributed by atoms with Gasteiger partial charge >= 0.3 is 0 Å². The average molecular weight is 1130 g/mol. The summed E-state index contributed by atoms with van der Waals surface area (Å²) in [5, 5.41) is 172. The third kappa shape index (κ3) is 11.0. The first kappa shape index (κ1) is 62.8. The topological polar surface area (TPSA) is 398 Å². The lowest BCUT2D eigenvalue weighted by molar-refractivity contribution is -0.380. The van der Waals surface area contributed by atoms with Gasteiger partial charge in [0.1, 0.15) is 97.7 Å². The Bertz CT molecular complexity index is 2020. The molecule has 0 radical (unpaired) electrons. The van der Waals surface area contributed by atoms with Crippen LogP contribution in [0.5, 0.6) is 0 Å². The fraction of sp³-hybridized carbons (Fsp3) is 0.963. The standard InChI is InChI=1S/C54H92O24/c1-22(23-15-16-52(6)30-12-10-24-25(54(30,8)31(58)17-53(23,52)7)11-14-32(50(24,2)3)76-47-43(68)39(64)35(60)27(19-56)73-47)9-13-33(51(4,5)70)77-49-45(78-48-44(69)40(65)36(61)28(20-57)74-48)41(66)37(62)29(75-49)21-71-46-42(67)38(63)34(59)26(18-55)72-46/h10,22-23,25-49,55-70H,9,11-21H2,1-8H3. The molecule has 4 saturated heterocycles. The van der Waals surface area contributed by atoms with Gasteiger partial charge in [0.2, 0.25) is 0 Å². The predicted octanol–water partition coefficient (Wildman–Crippen LogP) is -3.23. The number of aliphatic hydroxyl groups is 16. The third-order valence-corrected chi connectivity index (χ3v) is 20.8. The van der Waals surface area contributed by atoms with E-state index in [1.54, 1.807) is 0 Å². The molecule has 3 saturated carbocycles. The normalized spacial score (nSPS) is 51.4. The second kappa shape index (κ2) is 23.7. The third-order valence-electron chi connectivity index (χ3n) is 20.8. The molecular formula is C54H92O24. The van der Waals surface area contributed by atoms with Gasteiger partial charge in [0, 0.05) is 10.8 Å². The van der Waals surface area contributed by atoms with E-state index in [0.717, 1.165) is 18.4 Å². The monoisotopic (exact) mass is 1120 g/mol. The molecule has 0 bridgehead atoms. The second-order valence-electron chi connectivity index (χ2n) is 25.9. The highest BCUT2D eigenvalue weighted by Crippen LogP contribution is 2.75. The predicted molar refractivity (Wildman–Crippen MR) is 268 cm³/mol. The Morgan fingerprint density at radius 2 is 1.09 bits per heavy atom. The van der Waals surface area contributed by atoms with E-state index < -0.39 is 184 Å². The van der Waals surface area contributed by atoms with Crippen LogP contribution in [0.15, 0.2) is 11.6 Å². The summed E-state index contributed by atoms with van der Waals surface area (Å²) in [6, 6.07) is 0. The molecule has 24 heteroatoms. The summed E-state index contributed by atoms with van der Waals surface area (Å²) in [6.45, 7) is 13.5. The van der Waals surface area contributed by atoms with Crippen molar-refractivity contribution in [2.75, 3.05) is 26.4 Å². The molecule has 0 amide bonds. The highest BCUT2D eigenvalue weighted by Gasteiger charge is 2.70. The van der Waals surface area contributed by atoms with Crippen molar-refractivity contribution in [1.29, 1.82) is 0 Å². The van der Waals surface area contributed by atoms with Gasteiger partial charge in [-0.1, -0.05) is 53.2 Å². The fourth-order valence-corrected chi connectivity index (χ4v) is 15.6. The van der Waals surface area contributed by atoms with E-state index >= 15 is 0 Å². The van der Waals surface area contributed by atoms with E-state index in [1.165, 1.54) is 13.8 Å². The van der Waals surface area contributed by atoms with Gasteiger partial charge in [0.15, 0.2) is 25.2 Å². The van der Waals surface area contributed by atoms with Gasteiger partial charge in [-0.3, -0.25) is 0 Å². The number of hydrogen-bond acceptors (Lipinski definition) is 24. The van der Waals surface area contributed by atoms with Crippen LogP contribution in [0, 0.1) is 45.3 Å². The first-order valence-corrected chi connectivity index (χ1v) is 28.0. The van der Waals surface area contributed by atoms with Crippen molar-refractivity contribution in [2.24, 2.45) is 45.3 Å². The first-order chi connectivity index (χ1) is 36.4. The van der Waals surface area contributed by atoms with E-state index in [1.807, 2.05) is 0 Å². The number of hydrogen-bond donors (Lipinski definition) is 16. The second-order valence-corrected chi connectivity index (χ2v) is 25.9. The van der Waals surface area contributed by atoms with Crippen LogP contribution in [-0.4, -0.2) is 255 Å². The zero-order chi connectivity index (χ0) is 57.5. The molecule has 0 aromatic carbocycles. The summed E-state index contributed by atoms with van der Waals surface area (Å²) in [6.07, 6.45) is -27.6. The summed E-state index contributed by atoms with van der Waals surface area (Å²) in [5.74, 6) is 0.223. The Balaban J connectivity index is 0.987. The summed E-state index contributed by atoms with van der Waals surface area (Å²) < 4.78 is 47.7. The molecule has 4 aliphatic carbocycles. The van der Waals surface area contributed by atoms with Gasteiger partial charge in [-0.15, -0.1) is 0 Å². The summed E-state index contributed by atoms with van der Waals surface area (Å²) >= 11 is 0. The number of ether oxygens (including phenoxy) is 8. The lowest BCUT2D eigenvalue weighted by Gasteiger charge is -2.67. The van der Waals surface area contributed by atoms with Crippen LogP contribution in [-0.2, 0) is 37.9 Å². The Labute approximate surface area is 455 Å². The maximum absolute atomic E-state index is 12.7. The van der Waals surface area contributed by atoms with Crippen LogP contribution in [0.4, 0.5) is 0 Å². The van der Waals surface area contributed by atoms with Gasteiger partial charge in [-0.25, -0.2) is 0 Å². The first-order valence-electron chi connectivity index (χ1n) is 28.0. The molecule has 30 unspecified atom stereocenters. The van der Waals surface area contributed by atoms with Crippen molar-refractivity contribution in [3.63, 3.8) is 0 Å². The van der Waals surface area contributed by atoms with E-state index in [9.17, 15) is 81.7 Å². The molecule has 4 heterocycles. The van der Waals surface area contributed by atoms with Crippen LogP contribution in [0.1, 0.15) is 107 Å². The highest BCUT2D eigenvalue weighted by atomic mass is 16.8. The minimum absolute atomic E-state index is 0.00555. The van der Waals surface area contributed by atoms with Gasteiger partial charge in [0.05, 0.1) is 50.3 Å². The number of allylic oxidation sites excluding steroid dienone is 1. The maximum Gasteiger partial charge on any atom is 0.187 e. The van der Waals surface area contributed by atoms with Crippen molar-refractivity contribution in [3.8, 4) is 0 Å². The Morgan fingerprint density at radius 3 is 1.63 bits per heavy atom. The fourth-order valence-electron chi connectivity index (χ4n) is 15.6. The zero-order valence-corrected chi connectivity index (χ0v) is 46.1. The van der Waals surface area contributed by atoms with E-state index in [-0.39, 0.29) is 40.9 Å². The summed E-state index contributed by atoms with van der Waals surface area (Å²) in [5.41, 5.74) is -2.07. The molecule has 0 aromatic rings.